The zero-order chi connectivity index (χ0) is 38.4. The Morgan fingerprint density at radius 3 is 1.71 bits per heavy atom. The summed E-state index contributed by atoms with van der Waals surface area (Å²) in [5.41, 5.74) is 5.88. The number of likely N-dealkylation sites (N-methyl/N-ethyl adjacent to an activating group) is 1. The van der Waals surface area contributed by atoms with E-state index in [1.54, 1.807) is 18.0 Å². The molecule has 0 saturated carbocycles. The van der Waals surface area contributed by atoms with Crippen LogP contribution in [0.25, 0.3) is 33.6 Å². The summed E-state index contributed by atoms with van der Waals surface area (Å²) in [6.45, 7) is 8.36. The van der Waals surface area contributed by atoms with Gasteiger partial charge in [0.25, 0.3) is 0 Å². The van der Waals surface area contributed by atoms with Crippen LogP contribution < -0.4 is 5.32 Å². The van der Waals surface area contributed by atoms with Crippen molar-refractivity contribution in [1.82, 2.24) is 40.0 Å². The minimum absolute atomic E-state index is 0.0594. The third-order valence-electron chi connectivity index (χ3n) is 10.4. The van der Waals surface area contributed by atoms with Crippen molar-refractivity contribution in [3.8, 4) is 33.6 Å². The number of rotatable bonds is 12. The first-order chi connectivity index (χ1) is 26.1. The molecule has 0 unspecified atom stereocenters. The number of alkyl carbamates (subject to hydrolysis) is 1. The van der Waals surface area contributed by atoms with Crippen molar-refractivity contribution < 1.29 is 21.9 Å². The maximum Gasteiger partial charge on any atom is 0.407 e. The molecular formula is C40H52N8O4. The summed E-state index contributed by atoms with van der Waals surface area (Å²) in [7, 11) is 1.27. The van der Waals surface area contributed by atoms with Gasteiger partial charge in [-0.25, -0.2) is 14.8 Å². The lowest BCUT2D eigenvalue weighted by Crippen LogP contribution is -2.51. The number of imidazole rings is 2. The van der Waals surface area contributed by atoms with Gasteiger partial charge in [-0.2, -0.15) is 0 Å². The summed E-state index contributed by atoms with van der Waals surface area (Å²) >= 11 is 0. The normalized spacial score (nSPS) is 19.1. The first kappa shape index (κ1) is 34.1. The lowest BCUT2D eigenvalue weighted by Gasteiger charge is -2.36. The average molecular weight is 711 g/mol. The zero-order valence-corrected chi connectivity index (χ0v) is 30.6. The van der Waals surface area contributed by atoms with Crippen LogP contribution in [0.15, 0.2) is 60.9 Å². The molecule has 2 aliphatic heterocycles. The van der Waals surface area contributed by atoms with Gasteiger partial charge in [-0.05, 0) is 73.9 Å². The summed E-state index contributed by atoms with van der Waals surface area (Å²) < 4.78 is 20.2. The molecule has 12 heteroatoms. The van der Waals surface area contributed by atoms with Crippen molar-refractivity contribution in [1.29, 1.82) is 0 Å². The minimum Gasteiger partial charge on any atom is -0.453 e. The number of carbonyl (C=O) groups excluding carboxylic acids is 3. The maximum absolute atomic E-state index is 13.9. The van der Waals surface area contributed by atoms with Gasteiger partial charge >= 0.3 is 6.09 Å². The van der Waals surface area contributed by atoms with E-state index >= 15 is 0 Å². The Hall–Kier alpha value is -4.97. The fourth-order valence-corrected chi connectivity index (χ4v) is 7.59. The highest BCUT2D eigenvalue weighted by Crippen LogP contribution is 2.35. The highest BCUT2D eigenvalue weighted by atomic mass is 16.5. The van der Waals surface area contributed by atoms with Crippen LogP contribution in [-0.2, 0) is 14.3 Å². The molecule has 2 aromatic heterocycles. The smallest absolute Gasteiger partial charge is 0.407 e. The van der Waals surface area contributed by atoms with Gasteiger partial charge in [0.2, 0.25) is 11.8 Å². The molecule has 2 saturated heterocycles. The van der Waals surface area contributed by atoms with E-state index < -0.39 is 12.1 Å². The molecule has 0 aliphatic carbocycles. The number of benzene rings is 2. The number of H-pyrrole nitrogens is 2. The number of nitrogens with zero attached hydrogens (tertiary/aromatic N) is 5. The SMILES string of the molecule is [2H]CCN(CC[2H])[C@H](C(=O)N1CCC[C@H]1c1ncc(-c2ccc(-c3ccc(-c4cnc([C@@H]5CCCN5C(=O)[C@H](C)NC(=O)OC)[nH]4)cc3)cc2)[nH]1)C(C)C. The van der Waals surface area contributed by atoms with Gasteiger partial charge in [-0.15, -0.1) is 0 Å². The van der Waals surface area contributed by atoms with Crippen LogP contribution in [0.1, 0.15) is 86.7 Å². The van der Waals surface area contributed by atoms with E-state index in [9.17, 15) is 14.4 Å². The number of nitrogens with one attached hydrogen (secondary N) is 3. The predicted octanol–water partition coefficient (Wildman–Crippen LogP) is 6.57. The van der Waals surface area contributed by atoms with Crippen LogP contribution in [-0.4, -0.2) is 97.9 Å². The van der Waals surface area contributed by atoms with Crippen molar-refractivity contribution in [2.45, 2.75) is 84.4 Å². The molecule has 0 spiro atoms. The Labute approximate surface area is 309 Å². The second kappa shape index (κ2) is 16.1. The number of aromatic amines is 2. The molecule has 276 valence electrons. The second-order valence-corrected chi connectivity index (χ2v) is 14.0. The number of amides is 3. The monoisotopic (exact) mass is 710 g/mol. The predicted molar refractivity (Wildman–Crippen MR) is 201 cm³/mol. The van der Waals surface area contributed by atoms with Gasteiger partial charge in [-0.3, -0.25) is 14.5 Å². The zero-order valence-electron chi connectivity index (χ0n) is 32.6. The molecule has 3 N–H and O–H groups in total. The van der Waals surface area contributed by atoms with Gasteiger partial charge in [0, 0.05) is 15.8 Å². The Balaban J connectivity index is 1.10. The van der Waals surface area contributed by atoms with Crippen molar-refractivity contribution in [3.05, 3.63) is 72.6 Å². The fraction of sp³-hybridized carbons (Fsp3) is 0.475. The molecule has 4 heterocycles. The number of carbonyl (C=O) groups is 3. The highest BCUT2D eigenvalue weighted by molar-refractivity contribution is 5.86. The molecule has 3 amide bonds. The summed E-state index contributed by atoms with van der Waals surface area (Å²) in [6, 6.07) is 15.2. The van der Waals surface area contributed by atoms with E-state index in [2.05, 4.69) is 73.5 Å². The number of likely N-dealkylation sites (tertiary alicyclic amines) is 2. The molecule has 2 aromatic carbocycles. The number of hydrogen-bond acceptors (Lipinski definition) is 7. The van der Waals surface area contributed by atoms with E-state index in [0.717, 1.165) is 71.0 Å². The number of ether oxygens (including phenoxy) is 1. The summed E-state index contributed by atoms with van der Waals surface area (Å²) in [5.74, 6) is 1.46. The first-order valence-corrected chi connectivity index (χ1v) is 18.2. The van der Waals surface area contributed by atoms with Crippen LogP contribution >= 0.6 is 0 Å². The van der Waals surface area contributed by atoms with E-state index in [4.69, 9.17) is 7.73 Å². The van der Waals surface area contributed by atoms with Crippen molar-refractivity contribution in [3.63, 3.8) is 0 Å². The van der Waals surface area contributed by atoms with E-state index in [1.165, 1.54) is 7.11 Å². The number of aromatic nitrogens is 4. The molecule has 4 atom stereocenters. The number of hydrogen-bond donors (Lipinski definition) is 3. The molecule has 2 fully saturated rings. The van der Waals surface area contributed by atoms with Gasteiger partial charge in [0.1, 0.15) is 17.7 Å². The van der Waals surface area contributed by atoms with Crippen molar-refractivity contribution in [2.75, 3.05) is 33.3 Å². The lowest BCUT2D eigenvalue weighted by atomic mass is 10.00. The maximum atomic E-state index is 13.9. The Kier molecular flexibility index (Phi) is 10.6. The van der Waals surface area contributed by atoms with Crippen LogP contribution in [0.4, 0.5) is 4.79 Å². The summed E-state index contributed by atoms with van der Waals surface area (Å²) in [4.78, 5) is 60.7. The topological polar surface area (TPSA) is 140 Å². The Morgan fingerprint density at radius 1 is 0.808 bits per heavy atom. The minimum atomic E-state index is -0.702. The summed E-state index contributed by atoms with van der Waals surface area (Å²) in [5, 5.41) is 2.56. The van der Waals surface area contributed by atoms with Crippen LogP contribution in [0.3, 0.4) is 0 Å². The third kappa shape index (κ3) is 7.62. The molecule has 0 bridgehead atoms. The molecule has 52 heavy (non-hydrogen) atoms. The standard InChI is InChI=1S/C40H52N8O4/c1-7-46(8-2)35(25(3)4)39(50)48-22-10-12-34(48)37-42-24-32(45-37)30-19-15-28(16-20-30)27-13-17-29(18-14-27)31-23-41-36(44-31)33-11-9-21-47(33)38(49)26(5)43-40(51)52-6/h13-20,23-26,33-35H,7-12,21-22H2,1-6H3,(H,41,44)(H,42,45)(H,43,51)/t26-,33-,34-,35-/m0/s1/i1D,2D. The Morgan fingerprint density at radius 2 is 1.27 bits per heavy atom. The first-order valence-electron chi connectivity index (χ1n) is 19.6. The fourth-order valence-electron chi connectivity index (χ4n) is 7.59. The summed E-state index contributed by atoms with van der Waals surface area (Å²) in [6.07, 6.45) is 6.38. The van der Waals surface area contributed by atoms with Crippen LogP contribution in [0.2, 0.25) is 0 Å². The quantitative estimate of drug-likeness (QED) is 0.151. The van der Waals surface area contributed by atoms with E-state index in [0.29, 0.717) is 26.2 Å². The molecular weight excluding hydrogens is 656 g/mol. The van der Waals surface area contributed by atoms with Gasteiger partial charge in [0.05, 0.1) is 49.0 Å². The molecule has 12 nitrogen and oxygen atoms in total. The van der Waals surface area contributed by atoms with Crippen LogP contribution in [0, 0.1) is 5.92 Å². The van der Waals surface area contributed by atoms with Gasteiger partial charge in [0.15, 0.2) is 0 Å². The van der Waals surface area contributed by atoms with E-state index in [-0.39, 0.29) is 49.7 Å². The highest BCUT2D eigenvalue weighted by Gasteiger charge is 2.38. The largest absolute Gasteiger partial charge is 0.453 e. The van der Waals surface area contributed by atoms with Crippen molar-refractivity contribution >= 4 is 17.9 Å². The average Bonchev–Trinajstić information content (AvgIpc) is 4.01. The Bertz CT molecular complexity index is 1870. The van der Waals surface area contributed by atoms with Gasteiger partial charge in [-0.1, -0.05) is 76.2 Å². The molecule has 4 aromatic rings. The third-order valence-corrected chi connectivity index (χ3v) is 10.4. The lowest BCUT2D eigenvalue weighted by molar-refractivity contribution is -0.139. The van der Waals surface area contributed by atoms with Gasteiger partial charge < -0.3 is 29.8 Å². The molecule has 2 aliphatic rings. The second-order valence-electron chi connectivity index (χ2n) is 14.0. The number of methoxy groups -OCH3 is 1. The van der Waals surface area contributed by atoms with Crippen LogP contribution in [0.5, 0.6) is 0 Å². The molecule has 0 radical (unpaired) electrons. The van der Waals surface area contributed by atoms with Crippen molar-refractivity contribution in [2.24, 2.45) is 5.92 Å². The molecule has 6 rings (SSSR count). The van der Waals surface area contributed by atoms with E-state index in [1.807, 2.05) is 29.8 Å².